The molecule has 4 atom stereocenters. The van der Waals surface area contributed by atoms with Gasteiger partial charge in [0.05, 0.1) is 5.54 Å². The van der Waals surface area contributed by atoms with E-state index in [9.17, 15) is 0 Å². The van der Waals surface area contributed by atoms with E-state index in [4.69, 9.17) is 4.99 Å². The molecule has 0 radical (unpaired) electrons. The van der Waals surface area contributed by atoms with Crippen LogP contribution in [0.2, 0.25) is 0 Å². The first-order valence-electron chi connectivity index (χ1n) is 11.7. The van der Waals surface area contributed by atoms with Crippen molar-refractivity contribution in [1.29, 1.82) is 0 Å². The van der Waals surface area contributed by atoms with Gasteiger partial charge in [-0.2, -0.15) is 0 Å². The number of aliphatic imine (C=N–C) groups is 1. The Balaban J connectivity index is 1.64. The zero-order valence-corrected chi connectivity index (χ0v) is 17.6. The van der Waals surface area contributed by atoms with Crippen LogP contribution in [0.1, 0.15) is 97.8 Å². The van der Waals surface area contributed by atoms with Gasteiger partial charge in [0, 0.05) is 25.2 Å². The lowest BCUT2D eigenvalue weighted by Crippen LogP contribution is -2.60. The molecule has 26 heavy (non-hydrogen) atoms. The minimum atomic E-state index is 0.0125. The molecule has 4 rings (SSSR count). The Bertz CT molecular complexity index is 466. The van der Waals surface area contributed by atoms with Crippen molar-refractivity contribution >= 4 is 5.96 Å². The monoisotopic (exact) mass is 359 g/mol. The molecular formula is C23H41N3. The Morgan fingerprint density at radius 1 is 0.654 bits per heavy atom. The predicted molar refractivity (Wildman–Crippen MR) is 111 cm³/mol. The molecule has 2 saturated heterocycles. The van der Waals surface area contributed by atoms with Crippen molar-refractivity contribution < 1.29 is 0 Å². The molecule has 2 saturated carbocycles. The second-order valence-electron chi connectivity index (χ2n) is 10.5. The van der Waals surface area contributed by atoms with E-state index in [2.05, 4.69) is 30.6 Å². The lowest BCUT2D eigenvalue weighted by molar-refractivity contribution is 0.0681. The molecule has 148 valence electrons. The number of nitrogens with zero attached hydrogens (tertiary/aromatic N) is 3. The molecule has 4 fully saturated rings. The van der Waals surface area contributed by atoms with E-state index in [1.54, 1.807) is 0 Å². The van der Waals surface area contributed by atoms with Crippen LogP contribution in [0, 0.1) is 11.8 Å². The van der Waals surface area contributed by atoms with Crippen molar-refractivity contribution in [3.8, 4) is 0 Å². The van der Waals surface area contributed by atoms with Crippen LogP contribution >= 0.6 is 0 Å². The summed E-state index contributed by atoms with van der Waals surface area (Å²) in [4.78, 5) is 11.0. The molecule has 4 aliphatic rings. The van der Waals surface area contributed by atoms with E-state index >= 15 is 0 Å². The van der Waals surface area contributed by atoms with Gasteiger partial charge in [-0.05, 0) is 84.0 Å². The molecule has 3 heteroatoms. The minimum Gasteiger partial charge on any atom is -0.340 e. The predicted octanol–water partition coefficient (Wildman–Crippen LogP) is 5.45. The highest BCUT2D eigenvalue weighted by molar-refractivity contribution is 5.81. The summed E-state index contributed by atoms with van der Waals surface area (Å²) in [5.41, 5.74) is 0.0125. The second kappa shape index (κ2) is 7.72. The van der Waals surface area contributed by atoms with Crippen molar-refractivity contribution in [3.05, 3.63) is 0 Å². The highest BCUT2D eigenvalue weighted by Crippen LogP contribution is 2.39. The highest BCUT2D eigenvalue weighted by Gasteiger charge is 2.41. The van der Waals surface area contributed by atoms with E-state index in [-0.39, 0.29) is 5.54 Å². The van der Waals surface area contributed by atoms with Gasteiger partial charge in [0.15, 0.2) is 5.96 Å². The summed E-state index contributed by atoms with van der Waals surface area (Å²) < 4.78 is 0. The number of rotatable bonds is 0. The van der Waals surface area contributed by atoms with Crippen LogP contribution in [0.4, 0.5) is 0 Å². The lowest BCUT2D eigenvalue weighted by Gasteiger charge is -2.52. The van der Waals surface area contributed by atoms with Crippen LogP contribution in [0.3, 0.4) is 0 Å². The molecule has 0 N–H and O–H groups in total. The smallest absolute Gasteiger partial charge is 0.197 e. The molecule has 2 heterocycles. The molecule has 4 unspecified atom stereocenters. The second-order valence-corrected chi connectivity index (χ2v) is 10.5. The largest absolute Gasteiger partial charge is 0.340 e. The van der Waals surface area contributed by atoms with E-state index in [0.717, 1.165) is 23.9 Å². The summed E-state index contributed by atoms with van der Waals surface area (Å²) in [6.45, 7) is 9.35. The number of hydrogen-bond acceptors (Lipinski definition) is 1. The normalized spacial score (nSPS) is 35.5. The third-order valence-electron chi connectivity index (χ3n) is 7.44. The molecule has 0 aromatic heterocycles. The Kier molecular flexibility index (Phi) is 5.53. The zero-order chi connectivity index (χ0) is 18.1. The van der Waals surface area contributed by atoms with E-state index in [1.807, 2.05) is 0 Å². The van der Waals surface area contributed by atoms with Crippen molar-refractivity contribution in [3.63, 3.8) is 0 Å². The van der Waals surface area contributed by atoms with Gasteiger partial charge in [0.2, 0.25) is 0 Å². The van der Waals surface area contributed by atoms with Gasteiger partial charge in [0.25, 0.3) is 0 Å². The molecule has 0 aromatic carbocycles. The fourth-order valence-electron chi connectivity index (χ4n) is 6.34. The van der Waals surface area contributed by atoms with Crippen LogP contribution < -0.4 is 0 Å². The average Bonchev–Trinajstić information content (AvgIpc) is 2.65. The molecule has 0 spiro atoms. The van der Waals surface area contributed by atoms with Gasteiger partial charge in [-0.1, -0.05) is 25.7 Å². The van der Waals surface area contributed by atoms with Gasteiger partial charge < -0.3 is 9.80 Å². The summed E-state index contributed by atoms with van der Waals surface area (Å²) in [5.74, 6) is 3.25. The first-order valence-corrected chi connectivity index (χ1v) is 11.7. The van der Waals surface area contributed by atoms with Crippen molar-refractivity contribution in [2.45, 2.75) is 115 Å². The summed E-state index contributed by atoms with van der Waals surface area (Å²) >= 11 is 0. The van der Waals surface area contributed by atoms with Crippen LogP contribution in [-0.2, 0) is 0 Å². The summed E-state index contributed by atoms with van der Waals surface area (Å²) in [7, 11) is 0. The third kappa shape index (κ3) is 3.92. The molecule has 2 aliphatic heterocycles. The van der Waals surface area contributed by atoms with E-state index in [1.165, 1.54) is 96.1 Å². The minimum absolute atomic E-state index is 0.0125. The number of piperidine rings is 2. The number of hydrogen-bond donors (Lipinski definition) is 0. The van der Waals surface area contributed by atoms with Crippen LogP contribution in [0.5, 0.6) is 0 Å². The fourth-order valence-corrected chi connectivity index (χ4v) is 6.34. The Labute approximate surface area is 161 Å². The number of likely N-dealkylation sites (tertiary alicyclic amines) is 2. The molecule has 0 amide bonds. The van der Waals surface area contributed by atoms with Gasteiger partial charge in [-0.25, -0.2) is 4.99 Å². The van der Waals surface area contributed by atoms with Crippen LogP contribution in [0.15, 0.2) is 4.99 Å². The third-order valence-corrected chi connectivity index (χ3v) is 7.44. The van der Waals surface area contributed by atoms with Gasteiger partial charge in [0.1, 0.15) is 0 Å². The lowest BCUT2D eigenvalue weighted by atomic mass is 9.77. The first kappa shape index (κ1) is 18.6. The molecule has 3 nitrogen and oxygen atoms in total. The maximum Gasteiger partial charge on any atom is 0.197 e. The first-order chi connectivity index (χ1) is 12.5. The number of fused-ring (bicyclic) bond motifs is 2. The topological polar surface area (TPSA) is 18.8 Å². The summed E-state index contributed by atoms with van der Waals surface area (Å²) in [6, 6.07) is 1.53. The Hall–Kier alpha value is -0.730. The zero-order valence-electron chi connectivity index (χ0n) is 17.6. The van der Waals surface area contributed by atoms with Crippen LogP contribution in [0.25, 0.3) is 0 Å². The summed E-state index contributed by atoms with van der Waals surface area (Å²) in [6.07, 6.45) is 17.1. The maximum atomic E-state index is 5.41. The highest BCUT2D eigenvalue weighted by atomic mass is 15.4. The van der Waals surface area contributed by atoms with Gasteiger partial charge >= 0.3 is 0 Å². The number of guanidine groups is 1. The van der Waals surface area contributed by atoms with Crippen molar-refractivity contribution in [2.75, 3.05) is 13.1 Å². The quantitative estimate of drug-likeness (QED) is 0.423. The molecular weight excluding hydrogens is 318 g/mol. The average molecular weight is 360 g/mol. The van der Waals surface area contributed by atoms with Crippen molar-refractivity contribution in [2.24, 2.45) is 16.8 Å². The Morgan fingerprint density at radius 2 is 1.08 bits per heavy atom. The maximum absolute atomic E-state index is 5.41. The van der Waals surface area contributed by atoms with Gasteiger partial charge in [-0.3, -0.25) is 0 Å². The Morgan fingerprint density at radius 3 is 1.54 bits per heavy atom. The van der Waals surface area contributed by atoms with E-state index in [0.29, 0.717) is 0 Å². The summed E-state index contributed by atoms with van der Waals surface area (Å²) in [5, 5.41) is 0. The van der Waals surface area contributed by atoms with Gasteiger partial charge in [-0.15, -0.1) is 0 Å². The standard InChI is InChI=1S/C23H41N3/c1-23(2,3)24-22(25-16-8-12-18-10-4-6-14-20(18)25)26-17-9-13-19-11-5-7-15-21(19)26/h18-21H,4-17H2,1-3H3. The van der Waals surface area contributed by atoms with E-state index < -0.39 is 0 Å². The SMILES string of the molecule is CC(C)(C)N=C(N1CCCC2CCCCC21)N1CCCC2CCCCC21. The van der Waals surface area contributed by atoms with Crippen LogP contribution in [-0.4, -0.2) is 46.5 Å². The molecule has 0 aromatic rings. The van der Waals surface area contributed by atoms with Crippen molar-refractivity contribution in [1.82, 2.24) is 9.80 Å². The fraction of sp³-hybridized carbons (Fsp3) is 0.957. The molecule has 2 aliphatic carbocycles. The molecule has 0 bridgehead atoms.